The van der Waals surface area contributed by atoms with Gasteiger partial charge in [0.25, 0.3) is 0 Å². The number of halogens is 3. The van der Waals surface area contributed by atoms with Crippen LogP contribution in [0.2, 0.25) is 0 Å². The Bertz CT molecular complexity index is 683. The van der Waals surface area contributed by atoms with Gasteiger partial charge in [-0.25, -0.2) is 4.98 Å². The van der Waals surface area contributed by atoms with Gasteiger partial charge in [0.15, 0.2) is 5.82 Å². The number of imidazole rings is 1. The van der Waals surface area contributed by atoms with Gasteiger partial charge in [0.05, 0.1) is 11.0 Å². The maximum Gasteiger partial charge on any atom is 0.430 e. The molecule has 0 fully saturated rings. The largest absolute Gasteiger partial charge is 0.430 e. The minimum absolute atomic E-state index is 0.163. The van der Waals surface area contributed by atoms with Crippen molar-refractivity contribution in [2.45, 2.75) is 19.1 Å². The van der Waals surface area contributed by atoms with Gasteiger partial charge in [-0.05, 0) is 37.1 Å². The molecule has 1 N–H and O–H groups in total. The lowest BCUT2D eigenvalue weighted by Gasteiger charge is -2.06. The lowest BCUT2D eigenvalue weighted by Crippen LogP contribution is -2.23. The summed E-state index contributed by atoms with van der Waals surface area (Å²) in [5, 5.41) is -4.67. The fourth-order valence-corrected chi connectivity index (χ4v) is 1.85. The first-order valence-electron chi connectivity index (χ1n) is 4.92. The van der Waals surface area contributed by atoms with Gasteiger partial charge in [0.1, 0.15) is 0 Å². The minimum atomic E-state index is -6.05. The molecule has 0 spiro atoms. The number of benzene rings is 1. The van der Waals surface area contributed by atoms with Crippen LogP contribution in [0.1, 0.15) is 17.0 Å². The van der Waals surface area contributed by atoms with E-state index in [1.54, 1.807) is 19.9 Å². The summed E-state index contributed by atoms with van der Waals surface area (Å²) in [6, 6.07) is 3.06. The van der Waals surface area contributed by atoms with Crippen LogP contribution in [0.3, 0.4) is 0 Å². The second kappa shape index (κ2) is 3.71. The van der Waals surface area contributed by atoms with Crippen LogP contribution in [0.4, 0.5) is 12.7 Å². The van der Waals surface area contributed by atoms with Crippen LogP contribution in [0.15, 0.2) is 12.1 Å². The van der Waals surface area contributed by atoms with E-state index in [4.69, 9.17) is 0 Å². The van der Waals surface area contributed by atoms with Crippen molar-refractivity contribution in [1.82, 2.24) is 9.97 Å². The molecular weight excluding hydrogens is 269 g/mol. The number of aromatic nitrogens is 2. The summed E-state index contributed by atoms with van der Waals surface area (Å²) in [5.41, 5.74) is 2.03. The number of fused-ring (bicyclic) bond motifs is 1. The molecule has 0 atom stereocenters. The lowest BCUT2D eigenvalue weighted by atomic mass is 10.1. The highest BCUT2D eigenvalue weighted by atomic mass is 32.3. The zero-order valence-electron chi connectivity index (χ0n) is 9.46. The summed E-state index contributed by atoms with van der Waals surface area (Å²) in [6.45, 7) is 3.52. The SMILES string of the molecule is Cc1cc2nc(C(F)(F)S(=O)(=O)F)[nH]c2cc1C. The van der Waals surface area contributed by atoms with Gasteiger partial charge < -0.3 is 4.98 Å². The number of aryl methyl sites for hydroxylation is 2. The molecule has 0 saturated heterocycles. The highest BCUT2D eigenvalue weighted by Gasteiger charge is 2.50. The number of aromatic amines is 1. The van der Waals surface area contributed by atoms with Gasteiger partial charge in [0.2, 0.25) is 0 Å². The average Bonchev–Trinajstić information content (AvgIpc) is 2.60. The summed E-state index contributed by atoms with van der Waals surface area (Å²) >= 11 is 0. The summed E-state index contributed by atoms with van der Waals surface area (Å²) in [5.74, 6) is -1.22. The van der Waals surface area contributed by atoms with Gasteiger partial charge in [-0.2, -0.15) is 17.2 Å². The van der Waals surface area contributed by atoms with Crippen LogP contribution < -0.4 is 0 Å². The monoisotopic (exact) mass is 278 g/mol. The first-order chi connectivity index (χ1) is 8.13. The first kappa shape index (κ1) is 12.9. The minimum Gasteiger partial charge on any atom is -0.336 e. The standard InChI is InChI=1S/C10H9F3N2O2S/c1-5-3-7-8(4-6(5)2)15-9(14-7)10(11,12)18(13,16)17/h3-4H,1-2H3,(H,14,15). The molecule has 98 valence electrons. The molecule has 0 aliphatic carbocycles. The molecule has 0 aliphatic heterocycles. The fourth-order valence-electron chi connectivity index (χ4n) is 1.52. The zero-order valence-corrected chi connectivity index (χ0v) is 10.3. The molecule has 4 nitrogen and oxygen atoms in total. The summed E-state index contributed by atoms with van der Waals surface area (Å²) in [7, 11) is -6.05. The van der Waals surface area contributed by atoms with Gasteiger partial charge in [0, 0.05) is 0 Å². The Kier molecular flexibility index (Phi) is 2.65. The van der Waals surface area contributed by atoms with Gasteiger partial charge in [-0.15, -0.1) is 0 Å². The van der Waals surface area contributed by atoms with Crippen molar-refractivity contribution in [3.63, 3.8) is 0 Å². The van der Waals surface area contributed by atoms with Crippen LogP contribution in [-0.2, 0) is 15.5 Å². The molecule has 1 heterocycles. The van der Waals surface area contributed by atoms with Crippen molar-refractivity contribution < 1.29 is 21.1 Å². The van der Waals surface area contributed by atoms with E-state index in [0.717, 1.165) is 11.1 Å². The van der Waals surface area contributed by atoms with E-state index >= 15 is 0 Å². The molecule has 8 heteroatoms. The Hall–Kier alpha value is -1.57. The average molecular weight is 278 g/mol. The van der Waals surface area contributed by atoms with Crippen molar-refractivity contribution in [1.29, 1.82) is 0 Å². The summed E-state index contributed by atoms with van der Waals surface area (Å²) < 4.78 is 59.8. The highest BCUT2D eigenvalue weighted by Crippen LogP contribution is 2.34. The van der Waals surface area contributed by atoms with Crippen molar-refractivity contribution in [2.75, 3.05) is 0 Å². The Labute approximate surface area is 101 Å². The molecule has 0 saturated carbocycles. The molecule has 0 bridgehead atoms. The number of nitrogens with zero attached hydrogens (tertiary/aromatic N) is 1. The van der Waals surface area contributed by atoms with Gasteiger partial charge in [-0.3, -0.25) is 0 Å². The maximum atomic E-state index is 13.2. The van der Waals surface area contributed by atoms with E-state index in [0.29, 0.717) is 0 Å². The van der Waals surface area contributed by atoms with Crippen molar-refractivity contribution in [3.8, 4) is 0 Å². The third-order valence-electron chi connectivity index (χ3n) is 2.68. The number of rotatable bonds is 2. The molecule has 1 aromatic carbocycles. The number of hydrogen-bond acceptors (Lipinski definition) is 3. The molecule has 1 aromatic heterocycles. The number of H-pyrrole nitrogens is 1. The Balaban J connectivity index is 2.68. The molecule has 2 aromatic rings. The van der Waals surface area contributed by atoms with Gasteiger partial charge in [-0.1, -0.05) is 3.89 Å². The van der Waals surface area contributed by atoms with Crippen LogP contribution in [0.25, 0.3) is 11.0 Å². The molecule has 0 aliphatic rings. The fraction of sp³-hybridized carbons (Fsp3) is 0.300. The molecular formula is C10H9F3N2O2S. The van der Waals surface area contributed by atoms with Crippen LogP contribution in [0, 0.1) is 13.8 Å². The molecule has 18 heavy (non-hydrogen) atoms. The van der Waals surface area contributed by atoms with E-state index in [9.17, 15) is 21.1 Å². The quantitative estimate of drug-likeness (QED) is 0.859. The van der Waals surface area contributed by atoms with E-state index in [-0.39, 0.29) is 11.0 Å². The molecule has 0 amide bonds. The summed E-state index contributed by atoms with van der Waals surface area (Å²) in [6.07, 6.45) is 0. The summed E-state index contributed by atoms with van der Waals surface area (Å²) in [4.78, 5) is 5.56. The normalized spacial score (nSPS) is 13.2. The zero-order chi connectivity index (χ0) is 13.7. The topological polar surface area (TPSA) is 62.8 Å². The predicted molar refractivity (Wildman–Crippen MR) is 59.5 cm³/mol. The Morgan fingerprint density at radius 2 is 1.78 bits per heavy atom. The van der Waals surface area contributed by atoms with Crippen LogP contribution in [0.5, 0.6) is 0 Å². The van der Waals surface area contributed by atoms with Gasteiger partial charge >= 0.3 is 15.5 Å². The van der Waals surface area contributed by atoms with Crippen LogP contribution in [-0.4, -0.2) is 18.4 Å². The third-order valence-corrected chi connectivity index (χ3v) is 3.49. The highest BCUT2D eigenvalue weighted by molar-refractivity contribution is 7.87. The smallest absolute Gasteiger partial charge is 0.336 e. The molecule has 0 radical (unpaired) electrons. The Morgan fingerprint density at radius 3 is 2.33 bits per heavy atom. The molecule has 0 unspecified atom stereocenters. The second-order valence-corrected chi connectivity index (χ2v) is 5.38. The van der Waals surface area contributed by atoms with Crippen molar-refractivity contribution in [3.05, 3.63) is 29.1 Å². The first-order valence-corrected chi connectivity index (χ1v) is 6.31. The predicted octanol–water partition coefficient (Wildman–Crippen LogP) is 2.53. The van der Waals surface area contributed by atoms with Crippen molar-refractivity contribution >= 4 is 21.3 Å². The number of alkyl halides is 2. The lowest BCUT2D eigenvalue weighted by molar-refractivity contribution is 0.0755. The Morgan fingerprint density at radius 1 is 1.22 bits per heavy atom. The number of hydrogen-bond donors (Lipinski definition) is 1. The van der Waals surface area contributed by atoms with Crippen molar-refractivity contribution in [2.24, 2.45) is 0 Å². The van der Waals surface area contributed by atoms with Crippen LogP contribution >= 0.6 is 0 Å². The van der Waals surface area contributed by atoms with E-state index < -0.39 is 21.3 Å². The number of nitrogens with one attached hydrogen (secondary N) is 1. The van der Waals surface area contributed by atoms with E-state index in [1.807, 2.05) is 0 Å². The maximum absolute atomic E-state index is 13.2. The third kappa shape index (κ3) is 1.86. The van der Waals surface area contributed by atoms with E-state index in [1.165, 1.54) is 6.07 Å². The van der Waals surface area contributed by atoms with E-state index in [2.05, 4.69) is 9.97 Å². The second-order valence-electron chi connectivity index (χ2n) is 3.99. The molecule has 2 rings (SSSR count).